The van der Waals surface area contributed by atoms with E-state index in [0.717, 1.165) is 82.6 Å². The van der Waals surface area contributed by atoms with Gasteiger partial charge < -0.3 is 43.7 Å². The topological polar surface area (TPSA) is 194 Å². The summed E-state index contributed by atoms with van der Waals surface area (Å²) in [5, 5.41) is 16.7. The summed E-state index contributed by atoms with van der Waals surface area (Å²) in [6.07, 6.45) is 28.4. The van der Waals surface area contributed by atoms with Crippen molar-refractivity contribution in [2.45, 2.75) is 283 Å². The highest BCUT2D eigenvalue weighted by atomic mass is 31.2. The van der Waals surface area contributed by atoms with Crippen molar-refractivity contribution in [3.8, 4) is 11.5 Å². The smallest absolute Gasteiger partial charge is 0.461 e. The Bertz CT molecular complexity index is 2170. The van der Waals surface area contributed by atoms with Crippen molar-refractivity contribution in [2.75, 3.05) is 13.2 Å². The maximum Gasteiger partial charge on any atom is 0.588 e. The minimum atomic E-state index is -4.82. The minimum absolute atomic E-state index is 0.0189. The van der Waals surface area contributed by atoms with Crippen molar-refractivity contribution >= 4 is 31.8 Å². The number of rotatable bonds is 49. The van der Waals surface area contributed by atoms with Crippen LogP contribution in [0.1, 0.15) is 245 Å². The van der Waals surface area contributed by atoms with Crippen molar-refractivity contribution in [3.63, 3.8) is 0 Å². The quantitative estimate of drug-likeness (QED) is 0.0209. The van der Waals surface area contributed by atoms with E-state index in [1.54, 1.807) is 60.7 Å². The first-order valence-electron chi connectivity index (χ1n) is 33.1. The Balaban J connectivity index is 1.64. The summed E-state index contributed by atoms with van der Waals surface area (Å²) in [7, 11) is -4.82. The van der Waals surface area contributed by atoms with Crippen molar-refractivity contribution < 1.29 is 61.4 Å². The van der Waals surface area contributed by atoms with Gasteiger partial charge in [-0.25, -0.2) is 14.2 Å². The van der Waals surface area contributed by atoms with Crippen LogP contribution in [-0.2, 0) is 49.0 Å². The van der Waals surface area contributed by atoms with E-state index in [4.69, 9.17) is 32.5 Å². The summed E-state index contributed by atoms with van der Waals surface area (Å²) in [6, 6.07) is 23.5. The van der Waals surface area contributed by atoms with E-state index in [0.29, 0.717) is 19.3 Å². The molecule has 3 N–H and O–H groups in total. The number of amides is 2. The van der Waals surface area contributed by atoms with E-state index >= 15 is 9.36 Å². The maximum absolute atomic E-state index is 15.4. The number of esters is 2. The molecular formula is C69H109N2O13P. The molecule has 478 valence electrons. The first kappa shape index (κ1) is 72.5. The van der Waals surface area contributed by atoms with E-state index in [1.807, 2.05) is 30.3 Å². The van der Waals surface area contributed by atoms with Crippen LogP contribution in [0.4, 0.5) is 4.79 Å². The van der Waals surface area contributed by atoms with Crippen LogP contribution < -0.4 is 19.7 Å². The van der Waals surface area contributed by atoms with Gasteiger partial charge in [0, 0.05) is 0 Å². The summed E-state index contributed by atoms with van der Waals surface area (Å²) in [4.78, 5) is 55.8. The highest BCUT2D eigenvalue weighted by Gasteiger charge is 2.51. The molecule has 0 radical (unpaired) electrons. The standard InChI is InChI=1S/C69H109N2O13P/c1-5-8-11-14-17-20-23-25-28-36-45-58(46-37-29-26-24-21-18-15-12-9-6-2)68(75)81-65-62(71-64(73)52-59(72)47-38-30-27-22-19-16-13-10-7-3)54-78-63(55-79-67(74)56(4)70-69(76)80-53-57-43-34-31-35-44-57)66(65)84-85(77,82-60-48-39-32-40-49-60)83-61-50-41-33-42-51-61/h31-35,39-44,48-51,56,58-59,62-63,65-66,72H,5-30,36-38,45-47,52-55H2,1-4H3,(H,70,76)(H,71,73)/t56-,59+,62-,63+,65+,66+/m0/s1. The molecule has 6 atom stereocenters. The summed E-state index contributed by atoms with van der Waals surface area (Å²) in [5.41, 5.74) is 0.761. The predicted molar refractivity (Wildman–Crippen MR) is 337 cm³/mol. The number of hydrogen-bond donors (Lipinski definition) is 3. The lowest BCUT2D eigenvalue weighted by atomic mass is 9.93. The molecule has 0 unspecified atom stereocenters. The fourth-order valence-electron chi connectivity index (χ4n) is 10.8. The third-order valence-electron chi connectivity index (χ3n) is 15.8. The lowest BCUT2D eigenvalue weighted by molar-refractivity contribution is -0.195. The molecule has 1 saturated heterocycles. The molecule has 0 aliphatic carbocycles. The number of phosphoric ester groups is 1. The van der Waals surface area contributed by atoms with Crippen LogP contribution in [0.3, 0.4) is 0 Å². The summed E-state index contributed by atoms with van der Waals surface area (Å²) < 4.78 is 58.6. The number of phosphoric acid groups is 1. The lowest BCUT2D eigenvalue weighted by Gasteiger charge is -2.42. The Morgan fingerprint density at radius 2 is 0.976 bits per heavy atom. The maximum atomic E-state index is 15.4. The number of para-hydroxylation sites is 2. The second-order valence-electron chi connectivity index (χ2n) is 23.4. The van der Waals surface area contributed by atoms with Crippen molar-refractivity contribution in [2.24, 2.45) is 5.92 Å². The Morgan fingerprint density at radius 1 is 0.553 bits per heavy atom. The molecular weight excluding hydrogens is 1100 g/mol. The molecule has 1 aliphatic rings. The van der Waals surface area contributed by atoms with Crippen LogP contribution in [0, 0.1) is 5.92 Å². The molecule has 1 aliphatic heterocycles. The number of benzene rings is 3. The lowest BCUT2D eigenvalue weighted by Crippen LogP contribution is -2.62. The van der Waals surface area contributed by atoms with Gasteiger partial charge in [-0.2, -0.15) is 0 Å². The number of ether oxygens (including phenoxy) is 4. The zero-order chi connectivity index (χ0) is 61.0. The van der Waals surface area contributed by atoms with Gasteiger partial charge in [0.1, 0.15) is 43.0 Å². The van der Waals surface area contributed by atoms with Crippen LogP contribution in [0.2, 0.25) is 0 Å². The van der Waals surface area contributed by atoms with Gasteiger partial charge in [0.05, 0.1) is 31.1 Å². The van der Waals surface area contributed by atoms with Crippen molar-refractivity contribution in [3.05, 3.63) is 96.6 Å². The number of nitrogens with one attached hydrogen (secondary N) is 2. The molecule has 2 amide bonds. The Labute approximate surface area is 511 Å². The number of alkyl carbamates (subject to hydrolysis) is 1. The molecule has 4 rings (SSSR count). The van der Waals surface area contributed by atoms with Crippen LogP contribution in [0.25, 0.3) is 0 Å². The molecule has 0 bridgehead atoms. The normalized spacial score (nSPS) is 16.7. The van der Waals surface area contributed by atoms with Gasteiger partial charge in [-0.05, 0) is 56.0 Å². The first-order chi connectivity index (χ1) is 41.4. The zero-order valence-electron chi connectivity index (χ0n) is 52.5. The number of aliphatic hydroxyl groups excluding tert-OH is 1. The van der Waals surface area contributed by atoms with Crippen molar-refractivity contribution in [1.82, 2.24) is 10.6 Å². The van der Waals surface area contributed by atoms with E-state index in [9.17, 15) is 19.5 Å². The fourth-order valence-corrected chi connectivity index (χ4v) is 12.2. The third-order valence-corrected chi connectivity index (χ3v) is 17.2. The number of hydrogen-bond acceptors (Lipinski definition) is 13. The van der Waals surface area contributed by atoms with Gasteiger partial charge in [0.2, 0.25) is 5.91 Å². The predicted octanol–water partition coefficient (Wildman–Crippen LogP) is 17.2. The third kappa shape index (κ3) is 32.6. The molecule has 16 heteroatoms. The van der Waals surface area contributed by atoms with E-state index < -0.39 is 80.8 Å². The van der Waals surface area contributed by atoms with Gasteiger partial charge in [-0.1, -0.05) is 274 Å². The highest BCUT2D eigenvalue weighted by molar-refractivity contribution is 7.49. The first-order valence-corrected chi connectivity index (χ1v) is 34.6. The van der Waals surface area contributed by atoms with E-state index in [2.05, 4.69) is 31.4 Å². The van der Waals surface area contributed by atoms with Gasteiger partial charge in [0.15, 0.2) is 6.10 Å². The van der Waals surface area contributed by atoms with E-state index in [-0.39, 0.29) is 31.1 Å². The second-order valence-corrected chi connectivity index (χ2v) is 24.9. The summed E-state index contributed by atoms with van der Waals surface area (Å²) in [5.74, 6) is -2.05. The number of unbranched alkanes of at least 4 members (excludes halogenated alkanes) is 26. The number of carbonyl (C=O) groups excluding carboxylic acids is 4. The molecule has 1 fully saturated rings. The molecule has 0 aromatic heterocycles. The summed E-state index contributed by atoms with van der Waals surface area (Å²) in [6.45, 7) is 7.33. The van der Waals surface area contributed by atoms with Crippen LogP contribution in [-0.4, -0.2) is 78.8 Å². The van der Waals surface area contributed by atoms with Gasteiger partial charge in [-0.15, -0.1) is 0 Å². The molecule has 3 aromatic carbocycles. The zero-order valence-corrected chi connectivity index (χ0v) is 53.3. The molecule has 0 saturated carbocycles. The van der Waals surface area contributed by atoms with Crippen molar-refractivity contribution in [1.29, 1.82) is 0 Å². The molecule has 85 heavy (non-hydrogen) atoms. The minimum Gasteiger partial charge on any atom is -0.461 e. The Morgan fingerprint density at radius 3 is 1.44 bits per heavy atom. The largest absolute Gasteiger partial charge is 0.588 e. The SMILES string of the molecule is CCCCCCCCCCCCC(CCCCCCCCCCCC)C(=O)O[C@H]1[C@H](OP(=O)(Oc2ccccc2)Oc2ccccc2)[C@@H](COC(=O)[C@H](C)NC(=O)OCc2ccccc2)OC[C@@H]1NC(=O)C[C@H](O)CCCCCCCCCCC. The van der Waals surface area contributed by atoms with Crippen LogP contribution >= 0.6 is 7.82 Å². The average Bonchev–Trinajstić information content (AvgIpc) is 3.36. The summed E-state index contributed by atoms with van der Waals surface area (Å²) >= 11 is 0. The molecule has 1 heterocycles. The number of carbonyl (C=O) groups is 4. The van der Waals surface area contributed by atoms with E-state index in [1.165, 1.54) is 116 Å². The molecule has 15 nitrogen and oxygen atoms in total. The monoisotopic (exact) mass is 1200 g/mol. The number of aliphatic hydroxyl groups is 1. The van der Waals surface area contributed by atoms with Gasteiger partial charge in [0.25, 0.3) is 0 Å². The highest BCUT2D eigenvalue weighted by Crippen LogP contribution is 2.52. The fraction of sp³-hybridized carbons (Fsp3) is 0.681. The second kappa shape index (κ2) is 45.3. The van der Waals surface area contributed by atoms with Crippen LogP contribution in [0.15, 0.2) is 91.0 Å². The Kier molecular flexibility index (Phi) is 38.7. The molecule has 3 aromatic rings. The Hall–Kier alpha value is -4.95. The van der Waals surface area contributed by atoms with Crippen LogP contribution in [0.5, 0.6) is 11.5 Å². The van der Waals surface area contributed by atoms with Gasteiger partial charge >= 0.3 is 25.9 Å². The average molecular weight is 1210 g/mol. The van der Waals surface area contributed by atoms with Gasteiger partial charge in [-0.3, -0.25) is 14.1 Å². The molecule has 0 spiro atoms.